The van der Waals surface area contributed by atoms with Gasteiger partial charge in [-0.25, -0.2) is 24.4 Å². The van der Waals surface area contributed by atoms with E-state index in [9.17, 15) is 19.5 Å². The minimum absolute atomic E-state index is 0.0481. The summed E-state index contributed by atoms with van der Waals surface area (Å²) in [7, 11) is 0. The summed E-state index contributed by atoms with van der Waals surface area (Å²) in [6.07, 6.45) is -0.269. The van der Waals surface area contributed by atoms with Crippen molar-refractivity contribution in [1.82, 2.24) is 25.2 Å². The summed E-state index contributed by atoms with van der Waals surface area (Å²) in [6.45, 7) is 12.1. The molecule has 5 atom stereocenters. The van der Waals surface area contributed by atoms with Gasteiger partial charge in [-0.3, -0.25) is 4.90 Å². The third-order valence-electron chi connectivity index (χ3n) is 6.65. The van der Waals surface area contributed by atoms with Gasteiger partial charge >= 0.3 is 18.2 Å². The van der Waals surface area contributed by atoms with Gasteiger partial charge in [0.1, 0.15) is 42.3 Å². The molecule has 0 saturated carbocycles. The maximum absolute atomic E-state index is 13.2. The number of likely N-dealkylation sites (tertiary alicyclic amines) is 1. The Labute approximate surface area is 231 Å². The van der Waals surface area contributed by atoms with E-state index in [-0.39, 0.29) is 18.3 Å². The van der Waals surface area contributed by atoms with Crippen LogP contribution in [0.15, 0.2) is 12.5 Å². The van der Waals surface area contributed by atoms with Crippen LogP contribution in [0, 0.1) is 5.92 Å². The van der Waals surface area contributed by atoms with E-state index < -0.39 is 59.9 Å². The number of aromatic amines is 1. The van der Waals surface area contributed by atoms with Crippen LogP contribution in [0.25, 0.3) is 11.0 Å². The van der Waals surface area contributed by atoms with E-state index in [4.69, 9.17) is 24.7 Å². The first kappa shape index (κ1) is 29.3. The minimum Gasteiger partial charge on any atom is -0.465 e. The van der Waals surface area contributed by atoms with E-state index in [0.29, 0.717) is 23.0 Å². The number of aromatic nitrogens is 3. The van der Waals surface area contributed by atoms with E-state index in [0.717, 1.165) is 4.90 Å². The summed E-state index contributed by atoms with van der Waals surface area (Å²) < 4.78 is 23.3. The maximum atomic E-state index is 13.2. The zero-order chi connectivity index (χ0) is 29.6. The number of fused-ring (bicyclic) bond motifs is 2. The number of rotatable bonds is 7. The van der Waals surface area contributed by atoms with Crippen LogP contribution in [-0.2, 0) is 23.7 Å². The Morgan fingerprint density at radius 3 is 2.52 bits per heavy atom. The number of nitrogens with two attached hydrogens (primary N) is 1. The van der Waals surface area contributed by atoms with Crippen LogP contribution < -0.4 is 11.1 Å². The Balaban J connectivity index is 1.60. The molecule has 220 valence electrons. The number of ether oxygens (including phenoxy) is 4. The van der Waals surface area contributed by atoms with Crippen LogP contribution in [-0.4, -0.2) is 85.4 Å². The second kappa shape index (κ2) is 10.7. The van der Waals surface area contributed by atoms with Crippen molar-refractivity contribution in [3.8, 4) is 0 Å². The fourth-order valence-electron chi connectivity index (χ4n) is 5.25. The SMILES string of the molecule is CC(C)C[C@H](NC(=O)OC(C)(C)C)C(=O)OCC1C2OC(C)(C)OC2C(c2c[nH]c3c(N)ncnc23)N1C(=O)O. The smallest absolute Gasteiger partial charge is 0.408 e. The number of carbonyl (C=O) groups excluding carboxylic acids is 2. The van der Waals surface area contributed by atoms with Crippen molar-refractivity contribution in [3.63, 3.8) is 0 Å². The van der Waals surface area contributed by atoms with Crippen LogP contribution in [0.2, 0.25) is 0 Å². The van der Waals surface area contributed by atoms with Crippen molar-refractivity contribution in [3.05, 3.63) is 18.1 Å². The molecule has 2 amide bonds. The monoisotopic (exact) mass is 562 g/mol. The minimum atomic E-state index is -1.26. The number of esters is 1. The lowest BCUT2D eigenvalue weighted by atomic mass is 10.0. The van der Waals surface area contributed by atoms with E-state index in [1.165, 1.54) is 6.33 Å². The molecule has 0 radical (unpaired) electrons. The molecule has 14 heteroatoms. The van der Waals surface area contributed by atoms with Crippen molar-refractivity contribution in [2.24, 2.45) is 5.92 Å². The van der Waals surface area contributed by atoms with Gasteiger partial charge < -0.3 is 40.1 Å². The fraction of sp³-hybridized carbons (Fsp3) is 0.654. The molecule has 0 aliphatic carbocycles. The molecule has 5 N–H and O–H groups in total. The second-order valence-corrected chi connectivity index (χ2v) is 12.0. The normalized spacial score (nSPS) is 24.6. The van der Waals surface area contributed by atoms with Gasteiger partial charge in [0.15, 0.2) is 11.6 Å². The van der Waals surface area contributed by atoms with Crippen LogP contribution in [0.5, 0.6) is 0 Å². The number of amides is 2. The molecule has 4 heterocycles. The molecule has 14 nitrogen and oxygen atoms in total. The highest BCUT2D eigenvalue weighted by Crippen LogP contribution is 2.48. The Morgan fingerprint density at radius 1 is 1.23 bits per heavy atom. The van der Waals surface area contributed by atoms with Crippen molar-refractivity contribution in [1.29, 1.82) is 0 Å². The highest BCUT2D eigenvalue weighted by atomic mass is 16.8. The number of nitrogens with one attached hydrogen (secondary N) is 2. The number of anilines is 1. The number of H-pyrrole nitrogens is 1. The Hall–Kier alpha value is -3.65. The topological polar surface area (TPSA) is 191 Å². The van der Waals surface area contributed by atoms with Crippen molar-refractivity contribution >= 4 is 35.0 Å². The summed E-state index contributed by atoms with van der Waals surface area (Å²) in [6, 6.07) is -2.75. The molecular weight excluding hydrogens is 524 g/mol. The molecule has 0 aromatic carbocycles. The van der Waals surface area contributed by atoms with Crippen LogP contribution in [0.4, 0.5) is 15.4 Å². The van der Waals surface area contributed by atoms with Gasteiger partial charge in [0.25, 0.3) is 0 Å². The molecule has 4 unspecified atom stereocenters. The van der Waals surface area contributed by atoms with Crippen molar-refractivity contribution in [2.75, 3.05) is 12.3 Å². The first-order chi connectivity index (χ1) is 18.6. The third kappa shape index (κ3) is 6.07. The van der Waals surface area contributed by atoms with E-state index in [2.05, 4.69) is 20.3 Å². The largest absolute Gasteiger partial charge is 0.465 e. The maximum Gasteiger partial charge on any atom is 0.408 e. The average molecular weight is 563 g/mol. The van der Waals surface area contributed by atoms with Gasteiger partial charge in [0.2, 0.25) is 0 Å². The number of hydrogen-bond donors (Lipinski definition) is 4. The number of nitrogen functional groups attached to an aromatic ring is 1. The molecule has 4 rings (SSSR count). The zero-order valence-corrected chi connectivity index (χ0v) is 23.8. The molecule has 0 spiro atoms. The van der Waals surface area contributed by atoms with Gasteiger partial charge in [-0.05, 0) is 47.0 Å². The highest BCUT2D eigenvalue weighted by Gasteiger charge is 2.60. The number of alkyl carbamates (subject to hydrolysis) is 1. The second-order valence-electron chi connectivity index (χ2n) is 12.0. The molecule has 2 aliphatic heterocycles. The van der Waals surface area contributed by atoms with Crippen molar-refractivity contribution in [2.45, 2.75) is 96.6 Å². The van der Waals surface area contributed by atoms with Crippen LogP contribution >= 0.6 is 0 Å². The molecule has 2 aromatic heterocycles. The highest BCUT2D eigenvalue weighted by molar-refractivity contribution is 5.88. The third-order valence-corrected chi connectivity index (χ3v) is 6.65. The first-order valence-electron chi connectivity index (χ1n) is 13.2. The van der Waals surface area contributed by atoms with Gasteiger partial charge in [-0.2, -0.15) is 0 Å². The summed E-state index contributed by atoms with van der Waals surface area (Å²) in [5, 5.41) is 12.9. The Bertz CT molecular complexity index is 1270. The quantitative estimate of drug-likeness (QED) is 0.363. The van der Waals surface area contributed by atoms with Gasteiger partial charge in [0.05, 0.1) is 17.6 Å². The Kier molecular flexibility index (Phi) is 7.87. The summed E-state index contributed by atoms with van der Waals surface area (Å²) in [4.78, 5) is 50.7. The Morgan fingerprint density at radius 2 is 1.90 bits per heavy atom. The van der Waals surface area contributed by atoms with E-state index in [1.807, 2.05) is 13.8 Å². The predicted octanol–water partition coefficient (Wildman–Crippen LogP) is 2.95. The molecule has 2 saturated heterocycles. The van der Waals surface area contributed by atoms with Gasteiger partial charge in [-0.1, -0.05) is 13.8 Å². The summed E-state index contributed by atoms with van der Waals surface area (Å²) in [5.74, 6) is -1.46. The van der Waals surface area contributed by atoms with Crippen LogP contribution in [0.3, 0.4) is 0 Å². The molecular formula is C26H38N6O8. The lowest BCUT2D eigenvalue weighted by Crippen LogP contribution is -2.48. The van der Waals surface area contributed by atoms with E-state index in [1.54, 1.807) is 40.8 Å². The molecule has 40 heavy (non-hydrogen) atoms. The summed E-state index contributed by atoms with van der Waals surface area (Å²) >= 11 is 0. The number of carbonyl (C=O) groups is 3. The molecule has 2 aromatic rings. The summed E-state index contributed by atoms with van der Waals surface area (Å²) in [5.41, 5.74) is 6.68. The number of nitrogens with zero attached hydrogens (tertiary/aromatic N) is 3. The standard InChI is InChI=1S/C26H38N6O8/c1-12(2)8-14(31-23(34)40-25(3,4)5)22(33)37-10-15-19-20(39-26(6,7)38-19)18(32(15)24(35)36)13-9-28-17-16(13)29-11-30-21(17)27/h9,11-12,14-15,18-20,28H,8,10H2,1-7H3,(H,31,34)(H,35,36)(H2,27,29,30)/t14-,15?,18?,19?,20?/m0/s1. The van der Waals surface area contributed by atoms with Crippen LogP contribution in [0.1, 0.15) is 66.5 Å². The fourth-order valence-corrected chi connectivity index (χ4v) is 5.25. The lowest BCUT2D eigenvalue weighted by Gasteiger charge is -2.32. The molecule has 2 fully saturated rings. The first-order valence-corrected chi connectivity index (χ1v) is 13.2. The molecule has 0 bridgehead atoms. The zero-order valence-electron chi connectivity index (χ0n) is 23.8. The number of carboxylic acid groups (broad SMARTS) is 1. The van der Waals surface area contributed by atoms with E-state index >= 15 is 0 Å². The van der Waals surface area contributed by atoms with Crippen molar-refractivity contribution < 1.29 is 38.4 Å². The molecule has 2 aliphatic rings. The number of hydrogen-bond acceptors (Lipinski definition) is 10. The van der Waals surface area contributed by atoms with Gasteiger partial charge in [0, 0.05) is 11.8 Å². The van der Waals surface area contributed by atoms with Gasteiger partial charge in [-0.15, -0.1) is 0 Å². The lowest BCUT2D eigenvalue weighted by molar-refractivity contribution is -0.171. The average Bonchev–Trinajstić information content (AvgIpc) is 3.45. The predicted molar refractivity (Wildman–Crippen MR) is 142 cm³/mol.